The topological polar surface area (TPSA) is 105 Å². The fraction of sp³-hybridized carbons (Fsp3) is 0.389. The molecule has 0 atom stereocenters. The lowest BCUT2D eigenvalue weighted by molar-refractivity contribution is 0.0692. The van der Waals surface area contributed by atoms with Crippen molar-refractivity contribution in [3.8, 4) is 0 Å². The third kappa shape index (κ3) is 2.40. The van der Waals surface area contributed by atoms with E-state index in [1.807, 2.05) is 0 Å². The van der Waals surface area contributed by atoms with Crippen LogP contribution in [-0.2, 0) is 5.54 Å². The van der Waals surface area contributed by atoms with E-state index in [1.165, 1.54) is 19.2 Å². The number of hydrogen-bond acceptors (Lipinski definition) is 6. The number of rotatable bonds is 3. The highest BCUT2D eigenvalue weighted by molar-refractivity contribution is 6.21. The quantitative estimate of drug-likeness (QED) is 0.843. The molecule has 1 aliphatic heterocycles. The lowest BCUT2D eigenvalue weighted by atomic mass is 9.95. The number of carbonyl (C=O) groups is 3. The van der Waals surface area contributed by atoms with Gasteiger partial charge in [0.15, 0.2) is 5.82 Å². The van der Waals surface area contributed by atoms with Crippen LogP contribution in [0.1, 0.15) is 68.5 Å². The third-order valence-electron chi connectivity index (χ3n) is 5.12. The molecule has 0 saturated heterocycles. The molecule has 4 rings (SSSR count). The van der Waals surface area contributed by atoms with Crippen LogP contribution in [0.3, 0.4) is 0 Å². The van der Waals surface area contributed by atoms with Crippen molar-refractivity contribution in [2.45, 2.75) is 38.1 Å². The van der Waals surface area contributed by atoms with Gasteiger partial charge in [-0.05, 0) is 31.0 Å². The smallest absolute Gasteiger partial charge is 0.261 e. The molecule has 0 radical (unpaired) electrons. The summed E-state index contributed by atoms with van der Waals surface area (Å²) in [5.41, 5.74) is 0.232. The van der Waals surface area contributed by atoms with Crippen LogP contribution < -0.4 is 5.32 Å². The first-order chi connectivity index (χ1) is 12.4. The Balaban J connectivity index is 1.64. The molecule has 1 aromatic heterocycles. The van der Waals surface area contributed by atoms with E-state index in [9.17, 15) is 14.4 Å². The molecule has 2 heterocycles. The van der Waals surface area contributed by atoms with Gasteiger partial charge in [0.25, 0.3) is 17.7 Å². The van der Waals surface area contributed by atoms with E-state index < -0.39 is 11.4 Å². The molecule has 134 valence electrons. The minimum absolute atomic E-state index is 0.251. The molecule has 1 fully saturated rings. The largest absolute Gasteiger partial charge is 0.340 e. The lowest BCUT2D eigenvalue weighted by Crippen LogP contribution is -2.44. The van der Waals surface area contributed by atoms with Gasteiger partial charge in [0, 0.05) is 19.5 Å². The molecule has 0 unspecified atom stereocenters. The van der Waals surface area contributed by atoms with Crippen molar-refractivity contribution in [3.63, 3.8) is 0 Å². The first kappa shape index (κ1) is 16.4. The second kappa shape index (κ2) is 5.76. The van der Waals surface area contributed by atoms with Gasteiger partial charge in [-0.3, -0.25) is 19.3 Å². The Bertz CT molecular complexity index is 927. The zero-order valence-electron chi connectivity index (χ0n) is 14.5. The molecule has 0 spiro atoms. The van der Waals surface area contributed by atoms with Crippen LogP contribution in [-0.4, -0.2) is 39.8 Å². The summed E-state index contributed by atoms with van der Waals surface area (Å²) in [4.78, 5) is 42.3. The molecule has 1 aliphatic carbocycles. The Morgan fingerprint density at radius 3 is 2.54 bits per heavy atom. The van der Waals surface area contributed by atoms with E-state index in [2.05, 4.69) is 15.5 Å². The number of nitrogens with one attached hydrogen (secondary N) is 1. The van der Waals surface area contributed by atoms with Crippen LogP contribution in [0.25, 0.3) is 0 Å². The number of nitrogens with zero attached hydrogens (tertiary/aromatic N) is 3. The van der Waals surface area contributed by atoms with Gasteiger partial charge >= 0.3 is 0 Å². The third-order valence-corrected chi connectivity index (χ3v) is 5.12. The molecule has 1 saturated carbocycles. The molecule has 3 amide bonds. The van der Waals surface area contributed by atoms with Crippen LogP contribution in [0.5, 0.6) is 0 Å². The average Bonchev–Trinajstić information content (AvgIpc) is 3.33. The Hall–Kier alpha value is -3.03. The number of aryl methyl sites for hydroxylation is 1. The lowest BCUT2D eigenvalue weighted by Gasteiger charge is -2.26. The number of hydrogen-bond donors (Lipinski definition) is 1. The summed E-state index contributed by atoms with van der Waals surface area (Å²) >= 11 is 0. The number of aromatic nitrogens is 2. The van der Waals surface area contributed by atoms with E-state index in [0.29, 0.717) is 22.8 Å². The first-order valence-corrected chi connectivity index (χ1v) is 8.51. The first-order valence-electron chi connectivity index (χ1n) is 8.51. The van der Waals surface area contributed by atoms with Gasteiger partial charge in [-0.1, -0.05) is 18.0 Å². The van der Waals surface area contributed by atoms with E-state index in [4.69, 9.17) is 4.52 Å². The van der Waals surface area contributed by atoms with Crippen molar-refractivity contribution in [2.75, 3.05) is 7.05 Å². The number of imide groups is 1. The predicted molar refractivity (Wildman–Crippen MR) is 89.5 cm³/mol. The summed E-state index contributed by atoms with van der Waals surface area (Å²) in [5.74, 6) is -0.152. The van der Waals surface area contributed by atoms with Crippen molar-refractivity contribution in [2.24, 2.45) is 0 Å². The van der Waals surface area contributed by atoms with Crippen LogP contribution in [0.15, 0.2) is 22.7 Å². The van der Waals surface area contributed by atoms with E-state index >= 15 is 0 Å². The van der Waals surface area contributed by atoms with Crippen LogP contribution in [0.2, 0.25) is 0 Å². The van der Waals surface area contributed by atoms with E-state index in [-0.39, 0.29) is 17.4 Å². The summed E-state index contributed by atoms with van der Waals surface area (Å²) < 4.78 is 5.09. The van der Waals surface area contributed by atoms with E-state index in [1.54, 1.807) is 13.0 Å². The highest BCUT2D eigenvalue weighted by Crippen LogP contribution is 2.37. The molecule has 8 nitrogen and oxygen atoms in total. The minimum atomic E-state index is -0.662. The van der Waals surface area contributed by atoms with Crippen molar-refractivity contribution < 1.29 is 18.9 Å². The Labute approximate surface area is 149 Å². The summed E-state index contributed by atoms with van der Waals surface area (Å²) in [6.45, 7) is 1.71. The second-order valence-corrected chi connectivity index (χ2v) is 6.81. The molecule has 26 heavy (non-hydrogen) atoms. The highest BCUT2D eigenvalue weighted by Gasteiger charge is 2.42. The van der Waals surface area contributed by atoms with Crippen molar-refractivity contribution in [1.29, 1.82) is 0 Å². The second-order valence-electron chi connectivity index (χ2n) is 6.81. The van der Waals surface area contributed by atoms with Gasteiger partial charge in [-0.25, -0.2) is 0 Å². The number of carbonyl (C=O) groups excluding carboxylic acids is 3. The monoisotopic (exact) mass is 354 g/mol. The molecule has 0 bridgehead atoms. The SMILES string of the molecule is Cc1nc(C2(NC(=O)c3ccc4c(c3)C(=O)N(C)C4=O)CCCC2)no1. The number of amides is 3. The fourth-order valence-corrected chi connectivity index (χ4v) is 3.67. The molecule has 2 aromatic rings. The Morgan fingerprint density at radius 1 is 1.19 bits per heavy atom. The summed E-state index contributed by atoms with van der Waals surface area (Å²) in [7, 11) is 1.43. The maximum atomic E-state index is 12.8. The molecular weight excluding hydrogens is 336 g/mol. The van der Waals surface area contributed by atoms with Crippen LogP contribution in [0.4, 0.5) is 0 Å². The van der Waals surface area contributed by atoms with Gasteiger partial charge in [-0.2, -0.15) is 4.98 Å². The standard InChI is InChI=1S/C18H18N4O4/c1-10-19-17(21-26-10)18(7-3-4-8-18)20-14(23)11-5-6-12-13(9-11)16(25)22(2)15(12)24/h5-6,9H,3-4,7-8H2,1-2H3,(H,20,23). The zero-order valence-corrected chi connectivity index (χ0v) is 14.5. The van der Waals surface area contributed by atoms with Gasteiger partial charge in [0.2, 0.25) is 5.89 Å². The molecule has 2 aliphatic rings. The summed E-state index contributed by atoms with van der Waals surface area (Å²) in [5, 5.41) is 7.03. The Morgan fingerprint density at radius 2 is 1.88 bits per heavy atom. The average molecular weight is 354 g/mol. The number of fused-ring (bicyclic) bond motifs is 1. The minimum Gasteiger partial charge on any atom is -0.340 e. The number of benzene rings is 1. The summed E-state index contributed by atoms with van der Waals surface area (Å²) in [6.07, 6.45) is 3.36. The van der Waals surface area contributed by atoms with Crippen molar-refractivity contribution >= 4 is 17.7 Å². The van der Waals surface area contributed by atoms with Gasteiger partial charge in [0.05, 0.1) is 11.1 Å². The van der Waals surface area contributed by atoms with Gasteiger partial charge < -0.3 is 9.84 Å². The van der Waals surface area contributed by atoms with E-state index in [0.717, 1.165) is 30.6 Å². The molecule has 1 aromatic carbocycles. The molecule has 8 heteroatoms. The van der Waals surface area contributed by atoms with Gasteiger partial charge in [-0.15, -0.1) is 0 Å². The fourth-order valence-electron chi connectivity index (χ4n) is 3.67. The van der Waals surface area contributed by atoms with Gasteiger partial charge in [0.1, 0.15) is 5.54 Å². The molecular formula is C18H18N4O4. The predicted octanol–water partition coefficient (Wildman–Crippen LogP) is 1.80. The normalized spacial score (nSPS) is 18.3. The molecule has 1 N–H and O–H groups in total. The highest BCUT2D eigenvalue weighted by atomic mass is 16.5. The maximum absolute atomic E-state index is 12.8. The van der Waals surface area contributed by atoms with Crippen molar-refractivity contribution in [3.05, 3.63) is 46.6 Å². The van der Waals surface area contributed by atoms with Crippen molar-refractivity contribution in [1.82, 2.24) is 20.4 Å². The van der Waals surface area contributed by atoms with Crippen LogP contribution >= 0.6 is 0 Å². The maximum Gasteiger partial charge on any atom is 0.261 e. The zero-order chi connectivity index (χ0) is 18.5. The van der Waals surface area contributed by atoms with Crippen LogP contribution in [0, 0.1) is 6.92 Å². The summed E-state index contributed by atoms with van der Waals surface area (Å²) in [6, 6.07) is 4.55. The Kier molecular flexibility index (Phi) is 3.64.